The molecule has 2 saturated carbocycles. The lowest BCUT2D eigenvalue weighted by molar-refractivity contribution is -0.917. The molecule has 16 nitrogen and oxygen atoms in total. The highest BCUT2D eigenvalue weighted by Crippen LogP contribution is 2.45. The number of nitrogens with one attached hydrogen (secondary N) is 4. The number of aromatic nitrogens is 2. The number of fused-ring (bicyclic) bond motifs is 8. The van der Waals surface area contributed by atoms with Gasteiger partial charge in [-0.1, -0.05) is 34.4 Å². The van der Waals surface area contributed by atoms with Crippen LogP contribution in [0.4, 0.5) is 0 Å². The van der Waals surface area contributed by atoms with Crippen LogP contribution in [0.5, 0.6) is 0 Å². The zero-order valence-electron chi connectivity index (χ0n) is 62.5. The maximum atomic E-state index is 14.0. The summed E-state index contributed by atoms with van der Waals surface area (Å²) in [6.45, 7) is 44.4. The van der Waals surface area contributed by atoms with Crippen molar-refractivity contribution < 1.29 is 29.2 Å². The molecule has 18 heteroatoms. The van der Waals surface area contributed by atoms with Gasteiger partial charge in [0.2, 0.25) is 17.7 Å². The standard InChI is InChI=1S/C37H51N5O2S.C30H40N4O3S.C7H13N.C7H17N/c1-25-19-26(2)21-28(20-25)34-30(11-14-39-15-17-40(18-16-39)24-33(43)41-12-5-6-13-41)31-22-32(45-35(31)38-34)37(3,4)36(44)42-23-27-7-9-29(42)10-8-27;1-20-15-21(2)17-22(16-20)27-23(24-18-25(38-28(24)31-27)30(3,4)29(36)37)7-10-32-11-13-33(14-12-32)19-26(35)34-8-5-6-9-34;1-3-7-4-2-6(1)5-8-7;1-5-8(6-2)7(3)4/h19-22,27,29,38H,5-18,23-24H2,1-4H3;15-18,31H,5-14,19H2,1-4H3,(H,36,37);6-8H,1-5H2;7H,5-6H2,1-4H3. The Morgan fingerprint density at radius 3 is 1.26 bits per heavy atom. The zero-order chi connectivity index (χ0) is 70.3. The molecule has 0 spiro atoms. The van der Waals surface area contributed by atoms with E-state index in [1.807, 2.05) is 9.80 Å². The van der Waals surface area contributed by atoms with Gasteiger partial charge in [-0.05, 0) is 250 Å². The van der Waals surface area contributed by atoms with Crippen molar-refractivity contribution in [1.82, 2.24) is 49.6 Å². The number of H-pyrrole nitrogens is 2. The molecule has 3 amide bonds. The van der Waals surface area contributed by atoms with Crippen molar-refractivity contribution in [3.8, 4) is 22.5 Å². The number of benzene rings is 2. The van der Waals surface area contributed by atoms with Gasteiger partial charge < -0.3 is 54.6 Å². The van der Waals surface area contributed by atoms with Crippen LogP contribution in [-0.2, 0) is 42.8 Å². The average Bonchev–Trinajstić information content (AvgIpc) is 1.63. The van der Waals surface area contributed by atoms with E-state index >= 15 is 0 Å². The second-order valence-corrected chi connectivity index (χ2v) is 34.2. The van der Waals surface area contributed by atoms with Gasteiger partial charge in [-0.25, -0.2) is 0 Å². The van der Waals surface area contributed by atoms with Crippen LogP contribution in [0.3, 0.4) is 0 Å². The molecule has 99 heavy (non-hydrogen) atoms. The monoisotopic (exact) mass is 1390 g/mol. The number of piperazine rings is 2. The van der Waals surface area contributed by atoms with E-state index in [1.54, 1.807) is 30.1 Å². The van der Waals surface area contributed by atoms with E-state index in [4.69, 9.17) is 0 Å². The number of thiophene rings is 2. The van der Waals surface area contributed by atoms with Crippen molar-refractivity contribution in [3.63, 3.8) is 0 Å². The minimum Gasteiger partial charge on any atom is -0.549 e. The maximum absolute atomic E-state index is 14.0. The number of aryl methyl sites for hydroxylation is 4. The lowest BCUT2D eigenvalue weighted by Gasteiger charge is -2.47. The van der Waals surface area contributed by atoms with E-state index in [1.165, 1.54) is 148 Å². The Bertz CT molecular complexity index is 3620. The molecule has 0 radical (unpaired) electrons. The number of hydrogen-bond acceptors (Lipinski definition) is 12. The van der Waals surface area contributed by atoms with Crippen molar-refractivity contribution >= 4 is 66.8 Å². The lowest BCUT2D eigenvalue weighted by Crippen LogP contribution is -3.14. The Labute approximate surface area is 601 Å². The van der Waals surface area contributed by atoms with E-state index in [2.05, 4.69) is 158 Å². The summed E-state index contributed by atoms with van der Waals surface area (Å²) in [5.74, 6) is 1.55. The smallest absolute Gasteiger partial charge is 0.236 e. The lowest BCUT2D eigenvalue weighted by atomic mass is 9.78. The highest BCUT2D eigenvalue weighted by Gasteiger charge is 2.44. The fraction of sp³-hybridized carbons (Fsp3) is 0.654. The quantitative estimate of drug-likeness (QED) is 0.0614. The van der Waals surface area contributed by atoms with Crippen LogP contribution in [-0.4, -0.2) is 217 Å². The molecule has 542 valence electrons. The number of piperidine rings is 4. The number of carboxylic acids is 1. The zero-order valence-corrected chi connectivity index (χ0v) is 64.2. The average molecular weight is 1390 g/mol. The summed E-state index contributed by atoms with van der Waals surface area (Å²) in [6, 6.07) is 20.0. The Balaban J connectivity index is 0.000000164. The van der Waals surface area contributed by atoms with E-state index in [0.717, 1.165) is 175 Å². The molecule has 12 heterocycles. The number of carbonyl (C=O) groups is 4. The third-order valence-corrected chi connectivity index (χ3v) is 26.4. The molecule has 0 unspecified atom stereocenters. The number of aliphatic carboxylic acids is 1. The molecule has 10 fully saturated rings. The second kappa shape index (κ2) is 33.3. The predicted molar refractivity (Wildman–Crippen MR) is 406 cm³/mol. The molecule has 6 aromatic rings. The number of likely N-dealkylation sites (tertiary alicyclic amines) is 2. The molecular formula is C81H121N11O5S2. The number of carboxylic acid groups (broad SMARTS) is 1. The molecule has 2 aromatic carbocycles. The SMILES string of the molecule is C1CC2CCC1CN2.CC[NH+](CC)C(C)C.Cc1cc(C)cc(-c2[nH]c3sc(C(C)(C)C(=O)N4CC5CCC4CC5)cc3c2CCN2CCN(CC(=O)N3CCCC3)CC2)c1.Cc1cc(C)cc(-c2[nH]c3sc(C(C)(C)C(=O)[O-])cc3c2CCN2CCN(CC(=O)N3CCCC3)CC2)c1. The summed E-state index contributed by atoms with van der Waals surface area (Å²) in [7, 11) is 0. The van der Waals surface area contributed by atoms with Gasteiger partial charge in [0.1, 0.15) is 9.66 Å². The van der Waals surface area contributed by atoms with Crippen molar-refractivity contribution in [2.75, 3.05) is 131 Å². The van der Waals surface area contributed by atoms with Crippen LogP contribution in [0.1, 0.15) is 176 Å². The van der Waals surface area contributed by atoms with Gasteiger partial charge in [0, 0.05) is 136 Å². The fourth-order valence-electron chi connectivity index (χ4n) is 17.2. The van der Waals surface area contributed by atoms with Crippen LogP contribution < -0.4 is 15.3 Å². The highest BCUT2D eigenvalue weighted by molar-refractivity contribution is 7.19. The van der Waals surface area contributed by atoms with E-state index < -0.39 is 16.8 Å². The molecule has 16 rings (SSSR count). The van der Waals surface area contributed by atoms with Crippen molar-refractivity contribution in [2.24, 2.45) is 11.8 Å². The first-order valence-corrected chi connectivity index (χ1v) is 40.1. The van der Waals surface area contributed by atoms with Crippen molar-refractivity contribution in [3.05, 3.63) is 91.7 Å². The van der Waals surface area contributed by atoms with Crippen molar-refractivity contribution in [1.29, 1.82) is 0 Å². The highest BCUT2D eigenvalue weighted by atomic mass is 32.1. The molecule has 2 aliphatic carbocycles. The fourth-order valence-corrected chi connectivity index (χ4v) is 19.5. The van der Waals surface area contributed by atoms with Crippen LogP contribution in [0.15, 0.2) is 48.5 Å². The number of quaternary nitrogens is 1. The Morgan fingerprint density at radius 1 is 0.535 bits per heavy atom. The normalized spacial score (nSPS) is 21.7. The van der Waals surface area contributed by atoms with Gasteiger partial charge in [0.05, 0.1) is 55.0 Å². The van der Waals surface area contributed by atoms with Crippen molar-refractivity contribution in [2.45, 2.75) is 202 Å². The molecule has 4 N–H and O–H groups in total. The van der Waals surface area contributed by atoms with Gasteiger partial charge in [-0.15, -0.1) is 22.7 Å². The van der Waals surface area contributed by atoms with E-state index in [-0.39, 0.29) is 5.91 Å². The van der Waals surface area contributed by atoms with Crippen LogP contribution in [0.2, 0.25) is 0 Å². The minimum absolute atomic E-state index is 0.275. The minimum atomic E-state index is -1.06. The van der Waals surface area contributed by atoms with Crippen LogP contribution in [0.25, 0.3) is 42.9 Å². The Kier molecular flexibility index (Phi) is 25.2. The van der Waals surface area contributed by atoms with Crippen LogP contribution in [0, 0.1) is 39.5 Å². The largest absolute Gasteiger partial charge is 0.549 e. The first kappa shape index (κ1) is 74.7. The van der Waals surface area contributed by atoms with Gasteiger partial charge in [0.25, 0.3) is 0 Å². The summed E-state index contributed by atoms with van der Waals surface area (Å²) in [5, 5.41) is 17.7. The molecule has 4 bridgehead atoms. The number of nitrogens with zero attached hydrogens (tertiary/aromatic N) is 7. The van der Waals surface area contributed by atoms with E-state index in [9.17, 15) is 24.3 Å². The molecular weight excluding hydrogens is 1270 g/mol. The number of rotatable bonds is 19. The van der Waals surface area contributed by atoms with Gasteiger partial charge >= 0.3 is 0 Å². The number of amides is 3. The summed E-state index contributed by atoms with van der Waals surface area (Å²) in [6.07, 6.45) is 17.2. The molecule has 4 aromatic heterocycles. The Hall–Kier alpha value is -5.44. The first-order valence-electron chi connectivity index (χ1n) is 38.5. The third-order valence-electron chi connectivity index (χ3n) is 23.7. The maximum Gasteiger partial charge on any atom is 0.236 e. The van der Waals surface area contributed by atoms with Gasteiger partial charge in [-0.3, -0.25) is 24.2 Å². The summed E-state index contributed by atoms with van der Waals surface area (Å²) < 4.78 is 0. The number of hydrogen-bond donors (Lipinski definition) is 4. The molecule has 0 atom stereocenters. The molecule has 10 aliphatic rings. The summed E-state index contributed by atoms with van der Waals surface area (Å²) in [5.41, 5.74) is 10.8. The van der Waals surface area contributed by atoms with Gasteiger partial charge in [-0.2, -0.15) is 0 Å². The predicted octanol–water partition coefficient (Wildman–Crippen LogP) is 10.8. The second-order valence-electron chi connectivity index (χ2n) is 32.1. The number of carbonyl (C=O) groups excluding carboxylic acids is 4. The van der Waals surface area contributed by atoms with Crippen LogP contribution >= 0.6 is 22.7 Å². The van der Waals surface area contributed by atoms with E-state index in [0.29, 0.717) is 36.9 Å². The molecule has 8 aliphatic heterocycles. The first-order chi connectivity index (χ1) is 47.4. The number of aromatic amines is 2. The summed E-state index contributed by atoms with van der Waals surface area (Å²) in [4.78, 5) is 80.4. The third kappa shape index (κ3) is 18.3. The van der Waals surface area contributed by atoms with Gasteiger partial charge in [0.15, 0.2) is 0 Å². The summed E-state index contributed by atoms with van der Waals surface area (Å²) >= 11 is 3.29. The molecule has 8 saturated heterocycles. The Morgan fingerprint density at radius 2 is 0.939 bits per heavy atom. The topological polar surface area (TPSA) is 162 Å².